The van der Waals surface area contributed by atoms with Crippen molar-refractivity contribution in [3.05, 3.63) is 12.5 Å². The SMILES string of the molecule is Cn1nnc2ncncc21. The number of hydrogen-bond acceptors (Lipinski definition) is 4. The maximum absolute atomic E-state index is 3.90. The van der Waals surface area contributed by atoms with Crippen molar-refractivity contribution < 1.29 is 0 Å². The van der Waals surface area contributed by atoms with Crippen molar-refractivity contribution in [1.29, 1.82) is 0 Å². The van der Waals surface area contributed by atoms with Crippen molar-refractivity contribution in [2.75, 3.05) is 0 Å². The molecule has 0 bridgehead atoms. The van der Waals surface area contributed by atoms with Crippen LogP contribution in [0.2, 0.25) is 0 Å². The highest BCUT2D eigenvalue weighted by Gasteiger charge is 1.98. The second kappa shape index (κ2) is 1.73. The molecule has 0 saturated heterocycles. The smallest absolute Gasteiger partial charge is 0.204 e. The molecule has 0 N–H and O–H groups in total. The molecule has 2 aromatic rings. The lowest BCUT2D eigenvalue weighted by molar-refractivity contribution is 0.735. The standard InChI is InChI=1S/C5H5N5/c1-10-4-2-6-3-7-5(4)8-9-10/h2-3H,1H3. The van der Waals surface area contributed by atoms with Crippen LogP contribution < -0.4 is 0 Å². The van der Waals surface area contributed by atoms with Crippen LogP contribution in [0.1, 0.15) is 0 Å². The molecule has 0 aromatic carbocycles. The van der Waals surface area contributed by atoms with Crippen LogP contribution in [-0.4, -0.2) is 25.0 Å². The topological polar surface area (TPSA) is 56.5 Å². The summed E-state index contributed by atoms with van der Waals surface area (Å²) in [5.74, 6) is 0. The van der Waals surface area contributed by atoms with Crippen LogP contribution in [0.3, 0.4) is 0 Å². The van der Waals surface area contributed by atoms with Gasteiger partial charge in [0, 0.05) is 7.05 Å². The fourth-order valence-corrected chi connectivity index (χ4v) is 0.779. The van der Waals surface area contributed by atoms with Gasteiger partial charge in [-0.1, -0.05) is 5.21 Å². The zero-order valence-electron chi connectivity index (χ0n) is 5.39. The van der Waals surface area contributed by atoms with Gasteiger partial charge in [0.05, 0.1) is 6.20 Å². The molecular formula is C5H5N5. The van der Waals surface area contributed by atoms with E-state index in [0.717, 1.165) is 5.52 Å². The molecule has 5 nitrogen and oxygen atoms in total. The number of nitrogens with zero attached hydrogens (tertiary/aromatic N) is 5. The van der Waals surface area contributed by atoms with Crippen molar-refractivity contribution in [3.63, 3.8) is 0 Å². The fourth-order valence-electron chi connectivity index (χ4n) is 0.779. The predicted octanol–water partition coefficient (Wildman–Crippen LogP) is -0.242. The monoisotopic (exact) mass is 135 g/mol. The zero-order valence-corrected chi connectivity index (χ0v) is 5.39. The Morgan fingerprint density at radius 3 is 3.20 bits per heavy atom. The summed E-state index contributed by atoms with van der Waals surface area (Å²) in [5, 5.41) is 7.54. The van der Waals surface area contributed by atoms with Gasteiger partial charge in [-0.15, -0.1) is 5.10 Å². The minimum atomic E-state index is 0.637. The molecule has 0 radical (unpaired) electrons. The third kappa shape index (κ3) is 0.570. The van der Waals surface area contributed by atoms with Gasteiger partial charge in [0.2, 0.25) is 5.65 Å². The first-order valence-corrected chi connectivity index (χ1v) is 2.83. The van der Waals surface area contributed by atoms with Crippen LogP contribution in [-0.2, 0) is 7.05 Å². The van der Waals surface area contributed by atoms with Crippen LogP contribution in [0.25, 0.3) is 11.2 Å². The Hall–Kier alpha value is -1.52. The van der Waals surface area contributed by atoms with Gasteiger partial charge in [-0.25, -0.2) is 14.6 Å². The molecule has 50 valence electrons. The fraction of sp³-hybridized carbons (Fsp3) is 0.200. The summed E-state index contributed by atoms with van der Waals surface area (Å²) in [6, 6.07) is 0. The summed E-state index contributed by atoms with van der Waals surface area (Å²) in [5.41, 5.74) is 1.49. The molecule has 2 heterocycles. The van der Waals surface area contributed by atoms with E-state index < -0.39 is 0 Å². The van der Waals surface area contributed by atoms with Crippen molar-refractivity contribution in [3.8, 4) is 0 Å². The molecule has 10 heavy (non-hydrogen) atoms. The first-order chi connectivity index (χ1) is 4.88. The highest BCUT2D eigenvalue weighted by molar-refractivity contribution is 5.67. The molecule has 0 unspecified atom stereocenters. The van der Waals surface area contributed by atoms with Gasteiger partial charge in [0.1, 0.15) is 11.8 Å². The van der Waals surface area contributed by atoms with Gasteiger partial charge < -0.3 is 0 Å². The Bertz CT molecular complexity index is 352. The molecule has 0 fully saturated rings. The molecule has 0 spiro atoms. The lowest BCUT2D eigenvalue weighted by atomic mass is 10.6. The maximum Gasteiger partial charge on any atom is 0.204 e. The number of aromatic nitrogens is 5. The van der Waals surface area contributed by atoms with Gasteiger partial charge in [0.25, 0.3) is 0 Å². The third-order valence-corrected chi connectivity index (χ3v) is 1.29. The first kappa shape index (κ1) is 5.28. The molecule has 2 rings (SSSR count). The number of fused-ring (bicyclic) bond motifs is 1. The lowest BCUT2D eigenvalue weighted by Crippen LogP contribution is -1.89. The summed E-state index contributed by atoms with van der Waals surface area (Å²) < 4.78 is 1.63. The van der Waals surface area contributed by atoms with Crippen molar-refractivity contribution >= 4 is 11.2 Å². The minimum Gasteiger partial charge on any atom is -0.244 e. The highest BCUT2D eigenvalue weighted by atomic mass is 15.4. The second-order valence-electron chi connectivity index (χ2n) is 1.94. The van der Waals surface area contributed by atoms with E-state index in [0.29, 0.717) is 5.65 Å². The van der Waals surface area contributed by atoms with E-state index in [-0.39, 0.29) is 0 Å². The van der Waals surface area contributed by atoms with E-state index in [1.165, 1.54) is 6.33 Å². The van der Waals surface area contributed by atoms with Gasteiger partial charge >= 0.3 is 0 Å². The van der Waals surface area contributed by atoms with Crippen LogP contribution in [0.15, 0.2) is 12.5 Å². The van der Waals surface area contributed by atoms with Gasteiger partial charge in [-0.2, -0.15) is 0 Å². The third-order valence-electron chi connectivity index (χ3n) is 1.29. The molecule has 0 aliphatic carbocycles. The van der Waals surface area contributed by atoms with Crippen molar-refractivity contribution in [1.82, 2.24) is 25.0 Å². The Labute approximate surface area is 56.7 Å². The number of aryl methyl sites for hydroxylation is 1. The van der Waals surface area contributed by atoms with Gasteiger partial charge in [-0.05, 0) is 0 Å². The summed E-state index contributed by atoms with van der Waals surface area (Å²) in [4.78, 5) is 7.73. The summed E-state index contributed by atoms with van der Waals surface area (Å²) >= 11 is 0. The Morgan fingerprint density at radius 2 is 2.40 bits per heavy atom. The van der Waals surface area contributed by atoms with E-state index in [2.05, 4.69) is 20.3 Å². The van der Waals surface area contributed by atoms with Gasteiger partial charge in [0.15, 0.2) is 0 Å². The molecule has 0 aliphatic heterocycles. The quantitative estimate of drug-likeness (QED) is 0.500. The Balaban J connectivity index is 2.93. The Morgan fingerprint density at radius 1 is 1.50 bits per heavy atom. The maximum atomic E-state index is 3.90. The summed E-state index contributed by atoms with van der Waals surface area (Å²) in [6.07, 6.45) is 3.14. The van der Waals surface area contributed by atoms with Crippen molar-refractivity contribution in [2.45, 2.75) is 0 Å². The van der Waals surface area contributed by atoms with E-state index in [1.807, 2.05) is 0 Å². The molecule has 0 amide bonds. The average molecular weight is 135 g/mol. The van der Waals surface area contributed by atoms with E-state index in [9.17, 15) is 0 Å². The second-order valence-corrected chi connectivity index (χ2v) is 1.94. The molecular weight excluding hydrogens is 130 g/mol. The van der Waals surface area contributed by atoms with Gasteiger partial charge in [-0.3, -0.25) is 0 Å². The number of rotatable bonds is 0. The van der Waals surface area contributed by atoms with E-state index in [1.54, 1.807) is 17.9 Å². The zero-order chi connectivity index (χ0) is 6.97. The minimum absolute atomic E-state index is 0.637. The molecule has 5 heteroatoms. The van der Waals surface area contributed by atoms with Crippen LogP contribution in [0.4, 0.5) is 0 Å². The number of hydrogen-bond donors (Lipinski definition) is 0. The molecule has 2 aromatic heterocycles. The molecule has 0 saturated carbocycles. The van der Waals surface area contributed by atoms with Crippen LogP contribution in [0.5, 0.6) is 0 Å². The predicted molar refractivity (Wildman–Crippen MR) is 34.1 cm³/mol. The molecule has 0 aliphatic rings. The summed E-state index contributed by atoms with van der Waals surface area (Å²) in [6.45, 7) is 0. The molecule has 0 atom stereocenters. The van der Waals surface area contributed by atoms with Crippen molar-refractivity contribution in [2.24, 2.45) is 7.05 Å². The summed E-state index contributed by atoms with van der Waals surface area (Å²) in [7, 11) is 1.80. The first-order valence-electron chi connectivity index (χ1n) is 2.83. The average Bonchev–Trinajstić information content (AvgIpc) is 2.34. The van der Waals surface area contributed by atoms with E-state index in [4.69, 9.17) is 0 Å². The normalized spacial score (nSPS) is 10.5. The van der Waals surface area contributed by atoms with E-state index >= 15 is 0 Å². The largest absolute Gasteiger partial charge is 0.244 e. The lowest BCUT2D eigenvalue weighted by Gasteiger charge is -1.86. The Kier molecular flexibility index (Phi) is 0.913. The van der Waals surface area contributed by atoms with Crippen LogP contribution in [0, 0.1) is 0 Å². The highest BCUT2D eigenvalue weighted by Crippen LogP contribution is 2.01. The van der Waals surface area contributed by atoms with Crippen LogP contribution >= 0.6 is 0 Å².